The van der Waals surface area contributed by atoms with E-state index in [-0.39, 0.29) is 0 Å². The third kappa shape index (κ3) is 2.65. The second-order valence-corrected chi connectivity index (χ2v) is 4.91. The van der Waals surface area contributed by atoms with Gasteiger partial charge in [-0.15, -0.1) is 0 Å². The maximum absolute atomic E-state index is 4.52. The van der Waals surface area contributed by atoms with Crippen LogP contribution in [0.2, 0.25) is 0 Å². The molecule has 0 amide bonds. The highest BCUT2D eigenvalue weighted by Crippen LogP contribution is 2.26. The van der Waals surface area contributed by atoms with E-state index in [0.29, 0.717) is 11.8 Å². The van der Waals surface area contributed by atoms with Crippen molar-refractivity contribution in [3.05, 3.63) is 21.3 Å². The lowest BCUT2D eigenvalue weighted by atomic mass is 9.94. The maximum atomic E-state index is 4.52. The molecule has 0 spiro atoms. The average Bonchev–Trinajstić information content (AvgIpc) is 2.16. The first kappa shape index (κ1) is 11.9. The molecule has 1 unspecified atom stereocenters. The third-order valence-electron chi connectivity index (χ3n) is 2.51. The molecule has 0 bridgehead atoms. The minimum Gasteiger partial charge on any atom is -0.231 e. The van der Waals surface area contributed by atoms with Gasteiger partial charge in [0, 0.05) is 28.8 Å². The van der Waals surface area contributed by atoms with Gasteiger partial charge in [-0.3, -0.25) is 0 Å². The van der Waals surface area contributed by atoms with Gasteiger partial charge in [0.2, 0.25) is 0 Å². The van der Waals surface area contributed by atoms with Gasteiger partial charge in [-0.1, -0.05) is 27.7 Å². The van der Waals surface area contributed by atoms with Crippen molar-refractivity contribution >= 4 is 22.6 Å². The molecular formula is C11H17IN2. The van der Waals surface area contributed by atoms with E-state index in [1.165, 1.54) is 11.3 Å². The molecule has 1 aromatic heterocycles. The van der Waals surface area contributed by atoms with Gasteiger partial charge in [-0.05, 0) is 23.8 Å². The Morgan fingerprint density at radius 3 is 2.50 bits per heavy atom. The zero-order chi connectivity index (χ0) is 10.7. The van der Waals surface area contributed by atoms with Crippen molar-refractivity contribution in [2.45, 2.75) is 46.0 Å². The number of aromatic nitrogens is 2. The van der Waals surface area contributed by atoms with Crippen molar-refractivity contribution in [1.29, 1.82) is 0 Å². The fourth-order valence-corrected chi connectivity index (χ4v) is 1.84. The van der Waals surface area contributed by atoms with Crippen LogP contribution in [0, 0.1) is 3.83 Å². The molecule has 1 heterocycles. The van der Waals surface area contributed by atoms with Crippen molar-refractivity contribution < 1.29 is 0 Å². The summed E-state index contributed by atoms with van der Waals surface area (Å²) in [5.41, 5.74) is 2.52. The van der Waals surface area contributed by atoms with E-state index in [9.17, 15) is 0 Å². The number of halogens is 1. The maximum Gasteiger partial charge on any atom is 0.190 e. The summed E-state index contributed by atoms with van der Waals surface area (Å²) in [5, 5.41) is 0. The zero-order valence-electron chi connectivity index (χ0n) is 9.21. The number of hydrogen-bond acceptors (Lipinski definition) is 2. The normalized spacial score (nSPS) is 13.3. The van der Waals surface area contributed by atoms with Crippen LogP contribution in [0.4, 0.5) is 0 Å². The number of rotatable bonds is 3. The van der Waals surface area contributed by atoms with Gasteiger partial charge in [0.25, 0.3) is 0 Å². The van der Waals surface area contributed by atoms with Gasteiger partial charge < -0.3 is 0 Å². The summed E-state index contributed by atoms with van der Waals surface area (Å²) >= 11 is 2.17. The highest BCUT2D eigenvalue weighted by Gasteiger charge is 2.14. The highest BCUT2D eigenvalue weighted by molar-refractivity contribution is 14.1. The Balaban J connectivity index is 3.14. The molecule has 0 aliphatic rings. The van der Waals surface area contributed by atoms with Crippen LogP contribution in [0.5, 0.6) is 0 Å². The molecule has 0 aliphatic carbocycles. The van der Waals surface area contributed by atoms with Crippen molar-refractivity contribution in [3.8, 4) is 0 Å². The molecule has 1 atom stereocenters. The van der Waals surface area contributed by atoms with Gasteiger partial charge in [-0.2, -0.15) is 0 Å². The van der Waals surface area contributed by atoms with Gasteiger partial charge in [0.15, 0.2) is 3.83 Å². The Hall–Kier alpha value is -0.190. The molecule has 14 heavy (non-hydrogen) atoms. The van der Waals surface area contributed by atoms with Crippen LogP contribution in [-0.2, 0) is 0 Å². The van der Waals surface area contributed by atoms with Crippen molar-refractivity contribution in [2.24, 2.45) is 0 Å². The topological polar surface area (TPSA) is 25.8 Å². The lowest BCUT2D eigenvalue weighted by molar-refractivity contribution is 0.682. The molecule has 0 N–H and O–H groups in total. The molecule has 2 nitrogen and oxygen atoms in total. The summed E-state index contributed by atoms with van der Waals surface area (Å²) < 4.78 is 0.846. The smallest absolute Gasteiger partial charge is 0.190 e. The molecular weight excluding hydrogens is 287 g/mol. The molecule has 0 saturated carbocycles. The highest BCUT2D eigenvalue weighted by atomic mass is 127. The molecule has 1 aromatic rings. The van der Waals surface area contributed by atoms with Gasteiger partial charge in [-0.25, -0.2) is 9.97 Å². The molecule has 3 heteroatoms. The van der Waals surface area contributed by atoms with Crippen LogP contribution in [0.3, 0.4) is 0 Å². The van der Waals surface area contributed by atoms with E-state index in [0.717, 1.165) is 10.3 Å². The van der Waals surface area contributed by atoms with Crippen molar-refractivity contribution in [3.63, 3.8) is 0 Å². The quantitative estimate of drug-likeness (QED) is 0.628. The summed E-state index contributed by atoms with van der Waals surface area (Å²) in [6, 6.07) is 0. The Kier molecular flexibility index (Phi) is 4.29. The Morgan fingerprint density at radius 2 is 2.00 bits per heavy atom. The lowest BCUT2D eigenvalue weighted by Gasteiger charge is -2.15. The van der Waals surface area contributed by atoms with E-state index < -0.39 is 0 Å². The second kappa shape index (κ2) is 5.05. The second-order valence-electron chi connectivity index (χ2n) is 3.94. The SMILES string of the molecule is CCC(C)c1cnc(I)nc1C(C)C. The largest absolute Gasteiger partial charge is 0.231 e. The molecule has 78 valence electrons. The predicted octanol–water partition coefficient (Wildman–Crippen LogP) is 3.72. The molecule has 0 fully saturated rings. The minimum absolute atomic E-state index is 0.482. The van der Waals surface area contributed by atoms with E-state index in [1.807, 2.05) is 6.20 Å². The molecule has 0 aromatic carbocycles. The summed E-state index contributed by atoms with van der Waals surface area (Å²) in [7, 11) is 0. The molecule has 1 rings (SSSR count). The monoisotopic (exact) mass is 304 g/mol. The van der Waals surface area contributed by atoms with Crippen LogP contribution in [0.1, 0.15) is 57.2 Å². The van der Waals surface area contributed by atoms with Crippen LogP contribution < -0.4 is 0 Å². The van der Waals surface area contributed by atoms with Crippen LogP contribution in [-0.4, -0.2) is 9.97 Å². The fraction of sp³-hybridized carbons (Fsp3) is 0.636. The van der Waals surface area contributed by atoms with Crippen LogP contribution >= 0.6 is 22.6 Å². The Bertz CT molecular complexity index is 310. The van der Waals surface area contributed by atoms with E-state index >= 15 is 0 Å². The van der Waals surface area contributed by atoms with Gasteiger partial charge in [0.05, 0.1) is 5.69 Å². The summed E-state index contributed by atoms with van der Waals surface area (Å²) in [4.78, 5) is 8.78. The fourth-order valence-electron chi connectivity index (χ4n) is 1.44. The standard InChI is InChI=1S/C11H17IN2/c1-5-8(4)9-6-13-11(12)14-10(9)7(2)3/h6-8H,5H2,1-4H3. The van der Waals surface area contributed by atoms with Crippen molar-refractivity contribution in [1.82, 2.24) is 9.97 Å². The predicted molar refractivity (Wildman–Crippen MR) is 67.5 cm³/mol. The molecule has 0 radical (unpaired) electrons. The van der Waals surface area contributed by atoms with E-state index in [2.05, 4.69) is 60.3 Å². The first-order valence-corrected chi connectivity index (χ1v) is 6.16. The summed E-state index contributed by atoms with van der Waals surface area (Å²) in [6.07, 6.45) is 3.13. The van der Waals surface area contributed by atoms with Crippen molar-refractivity contribution in [2.75, 3.05) is 0 Å². The van der Waals surface area contributed by atoms with E-state index in [4.69, 9.17) is 0 Å². The first-order valence-electron chi connectivity index (χ1n) is 5.08. The summed E-state index contributed by atoms with van der Waals surface area (Å²) in [5.74, 6) is 1.04. The minimum atomic E-state index is 0.482. The Labute approximate surface area is 99.7 Å². The third-order valence-corrected chi connectivity index (χ3v) is 3.03. The molecule has 0 aliphatic heterocycles. The zero-order valence-corrected chi connectivity index (χ0v) is 11.4. The lowest BCUT2D eigenvalue weighted by Crippen LogP contribution is -2.06. The van der Waals surface area contributed by atoms with Gasteiger partial charge >= 0.3 is 0 Å². The number of nitrogens with zero attached hydrogens (tertiary/aromatic N) is 2. The average molecular weight is 304 g/mol. The first-order chi connectivity index (χ1) is 6.56. The number of hydrogen-bond donors (Lipinski definition) is 0. The molecule has 0 saturated heterocycles. The van der Waals surface area contributed by atoms with E-state index in [1.54, 1.807) is 0 Å². The van der Waals surface area contributed by atoms with Gasteiger partial charge in [0.1, 0.15) is 0 Å². The van der Waals surface area contributed by atoms with Crippen LogP contribution in [0.15, 0.2) is 6.20 Å². The van der Waals surface area contributed by atoms with Crippen LogP contribution in [0.25, 0.3) is 0 Å². The Morgan fingerprint density at radius 1 is 1.36 bits per heavy atom. The summed E-state index contributed by atoms with van der Waals surface area (Å²) in [6.45, 7) is 8.80.